The van der Waals surface area contributed by atoms with Gasteiger partial charge in [-0.2, -0.15) is 0 Å². The minimum atomic E-state index is -1.18. The highest BCUT2D eigenvalue weighted by Crippen LogP contribution is 2.23. The monoisotopic (exact) mass is 413 g/mol. The van der Waals surface area contributed by atoms with Crippen molar-refractivity contribution in [1.82, 2.24) is 4.90 Å². The number of nitrogens with one attached hydrogen (secondary N) is 1. The number of likely N-dealkylation sites (N-methyl/N-ethyl adjacent to an activating group) is 2. The Labute approximate surface area is 176 Å². The lowest BCUT2D eigenvalue weighted by molar-refractivity contribution is -0.129. The first-order valence-electron chi connectivity index (χ1n) is 9.69. The van der Waals surface area contributed by atoms with E-state index in [1.165, 1.54) is 12.1 Å². The molecular weight excluding hydrogens is 386 g/mol. The molecule has 0 aliphatic heterocycles. The van der Waals surface area contributed by atoms with Crippen molar-refractivity contribution in [2.45, 2.75) is 13.8 Å². The molecule has 0 aromatic heterocycles. The molecule has 160 valence electrons. The molecule has 0 aliphatic rings. The summed E-state index contributed by atoms with van der Waals surface area (Å²) in [5.74, 6) is -1.16. The second-order valence-electron chi connectivity index (χ2n) is 6.61. The number of rotatable bonds is 10. The molecule has 8 nitrogen and oxygen atoms in total. The van der Waals surface area contributed by atoms with Gasteiger partial charge in [0.15, 0.2) is 6.61 Å². The highest BCUT2D eigenvalue weighted by Gasteiger charge is 2.17. The molecule has 0 aliphatic carbocycles. The number of para-hydroxylation sites is 1. The van der Waals surface area contributed by atoms with Gasteiger partial charge in [0.2, 0.25) is 5.91 Å². The van der Waals surface area contributed by atoms with E-state index in [0.717, 1.165) is 0 Å². The fourth-order valence-corrected chi connectivity index (χ4v) is 2.88. The van der Waals surface area contributed by atoms with Crippen LogP contribution in [0.1, 0.15) is 24.2 Å². The van der Waals surface area contributed by atoms with Crippen LogP contribution >= 0.6 is 0 Å². The Balaban J connectivity index is 2.08. The number of ether oxygens (including phenoxy) is 1. The van der Waals surface area contributed by atoms with Crippen molar-refractivity contribution in [1.29, 1.82) is 0 Å². The zero-order chi connectivity index (χ0) is 22.1. The molecule has 2 aromatic rings. The summed E-state index contributed by atoms with van der Waals surface area (Å²) in [5, 5.41) is 12.1. The smallest absolute Gasteiger partial charge is 0.337 e. The molecule has 0 heterocycles. The minimum Gasteiger partial charge on any atom is -0.484 e. The second kappa shape index (κ2) is 10.8. The van der Waals surface area contributed by atoms with Crippen LogP contribution in [0, 0.1) is 0 Å². The minimum absolute atomic E-state index is 0.0465. The summed E-state index contributed by atoms with van der Waals surface area (Å²) in [7, 11) is 1.72. The third kappa shape index (κ3) is 6.23. The first-order valence-corrected chi connectivity index (χ1v) is 9.69. The van der Waals surface area contributed by atoms with E-state index in [-0.39, 0.29) is 30.3 Å². The maximum atomic E-state index is 12.3. The van der Waals surface area contributed by atoms with E-state index in [0.29, 0.717) is 24.5 Å². The maximum absolute atomic E-state index is 12.3. The molecule has 0 saturated heterocycles. The molecule has 0 unspecified atom stereocenters. The van der Waals surface area contributed by atoms with Crippen LogP contribution in [0.2, 0.25) is 0 Å². The second-order valence-corrected chi connectivity index (χ2v) is 6.61. The van der Waals surface area contributed by atoms with Crippen molar-refractivity contribution in [2.75, 3.05) is 43.5 Å². The number of carbonyl (C=O) groups is 3. The van der Waals surface area contributed by atoms with Gasteiger partial charge < -0.3 is 25.0 Å². The number of hydrogen-bond acceptors (Lipinski definition) is 5. The van der Waals surface area contributed by atoms with Crippen LogP contribution in [0.25, 0.3) is 0 Å². The van der Waals surface area contributed by atoms with Crippen LogP contribution in [0.5, 0.6) is 5.75 Å². The van der Waals surface area contributed by atoms with E-state index >= 15 is 0 Å². The molecule has 2 aromatic carbocycles. The van der Waals surface area contributed by atoms with E-state index in [2.05, 4.69) is 5.32 Å². The Kier molecular flexibility index (Phi) is 8.22. The molecule has 0 radical (unpaired) electrons. The van der Waals surface area contributed by atoms with Crippen LogP contribution in [-0.2, 0) is 9.59 Å². The van der Waals surface area contributed by atoms with Crippen LogP contribution in [0.3, 0.4) is 0 Å². The van der Waals surface area contributed by atoms with Gasteiger partial charge in [-0.1, -0.05) is 18.2 Å². The van der Waals surface area contributed by atoms with E-state index in [1.54, 1.807) is 47.2 Å². The van der Waals surface area contributed by atoms with Gasteiger partial charge >= 0.3 is 5.97 Å². The highest BCUT2D eigenvalue weighted by molar-refractivity contribution is 6.01. The number of benzene rings is 2. The number of carboxylic acid groups (broad SMARTS) is 1. The predicted octanol–water partition coefficient (Wildman–Crippen LogP) is 2.71. The lowest BCUT2D eigenvalue weighted by atomic mass is 10.1. The highest BCUT2D eigenvalue weighted by atomic mass is 16.5. The molecule has 30 heavy (non-hydrogen) atoms. The zero-order valence-electron chi connectivity index (χ0n) is 17.4. The lowest BCUT2D eigenvalue weighted by Gasteiger charge is -2.25. The van der Waals surface area contributed by atoms with Crippen LogP contribution in [-0.4, -0.2) is 61.1 Å². The first-order chi connectivity index (χ1) is 14.3. The van der Waals surface area contributed by atoms with E-state index in [4.69, 9.17) is 4.74 Å². The number of nitrogens with zero attached hydrogens (tertiary/aromatic N) is 2. The lowest BCUT2D eigenvalue weighted by Crippen LogP contribution is -2.38. The quantitative estimate of drug-likeness (QED) is 0.621. The van der Waals surface area contributed by atoms with Crippen LogP contribution < -0.4 is 15.0 Å². The van der Waals surface area contributed by atoms with Crippen molar-refractivity contribution in [3.63, 3.8) is 0 Å². The molecule has 0 bridgehead atoms. The Bertz CT molecular complexity index is 882. The third-order valence-corrected chi connectivity index (χ3v) is 4.55. The molecule has 0 atom stereocenters. The normalized spacial score (nSPS) is 10.2. The molecular formula is C22H27N3O5. The standard InChI is InChI=1S/C22H27N3O5/c1-4-25(5-2)21(27)14-24(3)16-11-12-19(18(13-16)22(28)29)23-20(26)15-30-17-9-7-6-8-10-17/h6-13H,4-5,14-15H2,1-3H3,(H,23,26)(H,28,29). The average Bonchev–Trinajstić information content (AvgIpc) is 2.74. The molecule has 2 rings (SSSR count). The Morgan fingerprint density at radius 2 is 1.70 bits per heavy atom. The van der Waals surface area contributed by atoms with Crippen molar-refractivity contribution in [3.05, 3.63) is 54.1 Å². The molecule has 0 spiro atoms. The molecule has 8 heteroatoms. The van der Waals surface area contributed by atoms with Crippen LogP contribution in [0.15, 0.2) is 48.5 Å². The summed E-state index contributed by atoms with van der Waals surface area (Å²) in [4.78, 5) is 39.6. The third-order valence-electron chi connectivity index (χ3n) is 4.55. The zero-order valence-corrected chi connectivity index (χ0v) is 17.4. The van der Waals surface area contributed by atoms with Crippen molar-refractivity contribution >= 4 is 29.2 Å². The SMILES string of the molecule is CCN(CC)C(=O)CN(C)c1ccc(NC(=O)COc2ccccc2)c(C(=O)O)c1. The Morgan fingerprint density at radius 1 is 1.03 bits per heavy atom. The first kappa shape index (κ1) is 22.7. The van der Waals surface area contributed by atoms with Gasteiger partial charge in [0, 0.05) is 25.8 Å². The fourth-order valence-electron chi connectivity index (χ4n) is 2.88. The largest absolute Gasteiger partial charge is 0.484 e. The summed E-state index contributed by atoms with van der Waals surface area (Å²) in [6.07, 6.45) is 0. The number of carbonyl (C=O) groups excluding carboxylic acids is 2. The summed E-state index contributed by atoms with van der Waals surface area (Å²) < 4.78 is 5.38. The maximum Gasteiger partial charge on any atom is 0.337 e. The van der Waals surface area contributed by atoms with Gasteiger partial charge in [-0.15, -0.1) is 0 Å². The summed E-state index contributed by atoms with van der Waals surface area (Å²) in [6, 6.07) is 13.5. The Morgan fingerprint density at radius 3 is 2.30 bits per heavy atom. The van der Waals surface area contributed by atoms with Gasteiger partial charge in [-0.25, -0.2) is 4.79 Å². The summed E-state index contributed by atoms with van der Waals surface area (Å²) >= 11 is 0. The molecule has 2 N–H and O–H groups in total. The van der Waals surface area contributed by atoms with Crippen molar-refractivity contribution in [3.8, 4) is 5.75 Å². The van der Waals surface area contributed by atoms with Gasteiger partial charge in [-0.05, 0) is 44.2 Å². The number of anilines is 2. The number of hydrogen-bond donors (Lipinski definition) is 2. The average molecular weight is 413 g/mol. The van der Waals surface area contributed by atoms with Gasteiger partial charge in [0.1, 0.15) is 5.75 Å². The molecule has 0 fully saturated rings. The van der Waals surface area contributed by atoms with Gasteiger partial charge in [0.25, 0.3) is 5.91 Å². The van der Waals surface area contributed by atoms with Crippen LogP contribution in [0.4, 0.5) is 11.4 Å². The van der Waals surface area contributed by atoms with Gasteiger partial charge in [-0.3, -0.25) is 9.59 Å². The fraction of sp³-hybridized carbons (Fsp3) is 0.318. The topological polar surface area (TPSA) is 99.2 Å². The molecule has 0 saturated carbocycles. The van der Waals surface area contributed by atoms with Gasteiger partial charge in [0.05, 0.1) is 17.8 Å². The van der Waals surface area contributed by atoms with Crippen molar-refractivity contribution < 1.29 is 24.2 Å². The molecule has 2 amide bonds. The number of carboxylic acids is 1. The van der Waals surface area contributed by atoms with E-state index < -0.39 is 11.9 Å². The van der Waals surface area contributed by atoms with E-state index in [1.807, 2.05) is 19.9 Å². The number of amides is 2. The number of aromatic carboxylic acids is 1. The van der Waals surface area contributed by atoms with Crippen molar-refractivity contribution in [2.24, 2.45) is 0 Å². The summed E-state index contributed by atoms with van der Waals surface area (Å²) in [5.41, 5.74) is 0.658. The van der Waals surface area contributed by atoms with E-state index in [9.17, 15) is 19.5 Å². The predicted molar refractivity (Wildman–Crippen MR) is 115 cm³/mol. The summed E-state index contributed by atoms with van der Waals surface area (Å²) in [6.45, 7) is 4.91. The Hall–Kier alpha value is -3.55.